The van der Waals surface area contributed by atoms with Crippen molar-refractivity contribution in [3.05, 3.63) is 52.8 Å². The number of carbonyl (C=O) groups excluding carboxylic acids is 1. The predicted molar refractivity (Wildman–Crippen MR) is 182 cm³/mol. The van der Waals surface area contributed by atoms with Gasteiger partial charge in [-0.05, 0) is 43.2 Å². The predicted octanol–water partition coefficient (Wildman–Crippen LogP) is 5.76. The molecule has 3 aliphatic rings. The Morgan fingerprint density at radius 3 is 2.78 bits per heavy atom. The number of likely N-dealkylation sites (N-methyl/N-ethyl adjacent to an activating group) is 1. The maximum Gasteiger partial charge on any atom is 0.319 e. The van der Waals surface area contributed by atoms with E-state index in [0.717, 1.165) is 36.8 Å². The molecule has 49 heavy (non-hydrogen) atoms. The molecule has 2 N–H and O–H groups in total. The van der Waals surface area contributed by atoms with Gasteiger partial charge in [-0.15, -0.1) is 11.3 Å². The van der Waals surface area contributed by atoms with Crippen LogP contribution in [0, 0.1) is 28.5 Å². The number of hydrogen-bond acceptors (Lipinski definition) is 10. The SMILES string of the molecule is C=CC(=O)N1CC(F)C(N(C)c2nc(OCC34CCCN3CC(F)C4)nc3c(C#N)c(-c4ccc(F)c5sc(N)c(C#N)c45)c(Cl)cc23)C1. The second kappa shape index (κ2) is 12.4. The molecule has 10 nitrogen and oxygen atoms in total. The van der Waals surface area contributed by atoms with E-state index in [1.54, 1.807) is 11.9 Å². The molecule has 3 fully saturated rings. The number of anilines is 2. The summed E-state index contributed by atoms with van der Waals surface area (Å²) >= 11 is 7.85. The fourth-order valence-electron chi connectivity index (χ4n) is 7.64. The van der Waals surface area contributed by atoms with Crippen molar-refractivity contribution < 1.29 is 22.7 Å². The molecule has 2 aromatic carbocycles. The van der Waals surface area contributed by atoms with Gasteiger partial charge in [-0.3, -0.25) is 9.69 Å². The average molecular weight is 707 g/mol. The molecule has 15 heteroatoms. The summed E-state index contributed by atoms with van der Waals surface area (Å²) in [7, 11) is 1.62. The van der Waals surface area contributed by atoms with Crippen molar-refractivity contribution in [3.63, 3.8) is 0 Å². The topological polar surface area (TPSA) is 135 Å². The Bertz CT molecular complexity index is 2130. The number of likely N-dealkylation sites (tertiary alicyclic amines) is 1. The number of benzene rings is 2. The maximum absolute atomic E-state index is 15.5. The van der Waals surface area contributed by atoms with E-state index in [4.69, 9.17) is 22.1 Å². The van der Waals surface area contributed by atoms with Crippen LogP contribution in [0.15, 0.2) is 30.9 Å². The highest BCUT2D eigenvalue weighted by atomic mass is 35.5. The first-order chi connectivity index (χ1) is 23.5. The maximum atomic E-state index is 15.5. The Kier molecular flexibility index (Phi) is 8.30. The van der Waals surface area contributed by atoms with E-state index in [1.165, 1.54) is 23.1 Å². The molecule has 5 heterocycles. The molecule has 4 aromatic rings. The third-order valence-electron chi connectivity index (χ3n) is 9.98. The summed E-state index contributed by atoms with van der Waals surface area (Å²) < 4.78 is 51.4. The molecular formula is C34H30ClF3N8O2S. The van der Waals surface area contributed by atoms with Crippen molar-refractivity contribution in [3.8, 4) is 29.3 Å². The summed E-state index contributed by atoms with van der Waals surface area (Å²) in [5.41, 5.74) is 6.23. The van der Waals surface area contributed by atoms with Crippen LogP contribution in [0.2, 0.25) is 5.02 Å². The molecule has 4 atom stereocenters. The molecule has 252 valence electrons. The average Bonchev–Trinajstić information content (AvgIpc) is 3.83. The summed E-state index contributed by atoms with van der Waals surface area (Å²) in [5.74, 6) is -0.796. The first-order valence-corrected chi connectivity index (χ1v) is 16.8. The normalized spacial score (nSPS) is 23.5. The number of alkyl halides is 2. The van der Waals surface area contributed by atoms with Crippen molar-refractivity contribution in [1.82, 2.24) is 19.8 Å². The van der Waals surface area contributed by atoms with Crippen LogP contribution in [0.25, 0.3) is 32.1 Å². The van der Waals surface area contributed by atoms with Crippen LogP contribution in [0.1, 0.15) is 30.4 Å². The molecule has 1 amide bonds. The molecule has 0 spiro atoms. The first-order valence-electron chi connectivity index (χ1n) is 15.7. The number of halogens is 4. The lowest BCUT2D eigenvalue weighted by atomic mass is 9.93. The summed E-state index contributed by atoms with van der Waals surface area (Å²) in [6, 6.07) is 7.48. The lowest BCUT2D eigenvalue weighted by molar-refractivity contribution is -0.125. The largest absolute Gasteiger partial charge is 0.461 e. The molecule has 0 bridgehead atoms. The molecule has 0 radical (unpaired) electrons. The Morgan fingerprint density at radius 1 is 1.27 bits per heavy atom. The monoisotopic (exact) mass is 706 g/mol. The molecule has 0 aliphatic carbocycles. The van der Waals surface area contributed by atoms with Crippen LogP contribution >= 0.6 is 22.9 Å². The highest BCUT2D eigenvalue weighted by Gasteiger charge is 2.49. The quantitative estimate of drug-likeness (QED) is 0.238. The number of rotatable bonds is 7. The molecule has 4 unspecified atom stereocenters. The Labute approximate surface area is 288 Å². The molecular weight excluding hydrogens is 677 g/mol. The minimum atomic E-state index is -1.44. The van der Waals surface area contributed by atoms with E-state index in [2.05, 4.69) is 27.5 Å². The van der Waals surface area contributed by atoms with Crippen molar-refractivity contribution in [2.45, 2.75) is 43.2 Å². The number of carbonyl (C=O) groups is 1. The fraction of sp³-hybridized carbons (Fsp3) is 0.382. The number of nitrogens with two attached hydrogens (primary N) is 1. The Hall–Kier alpha value is -4.63. The first kappa shape index (κ1) is 32.9. The molecule has 3 aliphatic heterocycles. The van der Waals surface area contributed by atoms with Gasteiger partial charge in [0.05, 0.1) is 44.5 Å². The number of ether oxygens (including phenoxy) is 1. The lowest BCUT2D eigenvalue weighted by Crippen LogP contribution is -2.43. The standard InChI is InChI=1S/C34H30ClF3N8O2S/c1-3-26(47)45-14-24(38)25(15-45)44(2)32-19-9-22(35)27(18-5-6-23(37)30-28(18)21(12-40)31(41)49-30)20(11-39)29(19)42-33(43-32)48-16-34-7-4-8-46(34)13-17(36)10-34/h3,5-6,9,17,24-25H,1,4,7-8,10,13-16,41H2,2H3. The number of nitrogen functional groups attached to an aromatic ring is 1. The number of thiophene rings is 1. The third-order valence-corrected chi connectivity index (χ3v) is 11.3. The summed E-state index contributed by atoms with van der Waals surface area (Å²) in [6.07, 6.45) is 0.638. The highest BCUT2D eigenvalue weighted by Crippen LogP contribution is 2.47. The lowest BCUT2D eigenvalue weighted by Gasteiger charge is -2.31. The second-order valence-electron chi connectivity index (χ2n) is 12.7. The highest BCUT2D eigenvalue weighted by molar-refractivity contribution is 7.23. The number of fused-ring (bicyclic) bond motifs is 3. The number of hydrogen-bond donors (Lipinski definition) is 1. The smallest absolute Gasteiger partial charge is 0.319 e. The number of aromatic nitrogens is 2. The number of nitriles is 2. The van der Waals surface area contributed by atoms with Crippen LogP contribution in [0.5, 0.6) is 6.01 Å². The third kappa shape index (κ3) is 5.30. The van der Waals surface area contributed by atoms with E-state index < -0.39 is 35.6 Å². The van der Waals surface area contributed by atoms with Crippen molar-refractivity contribution in [2.75, 3.05) is 50.5 Å². The Balaban J connectivity index is 1.41. The fourth-order valence-corrected chi connectivity index (χ4v) is 8.89. The van der Waals surface area contributed by atoms with E-state index in [-0.39, 0.29) is 73.8 Å². The van der Waals surface area contributed by atoms with Gasteiger partial charge in [-0.25, -0.2) is 13.2 Å². The van der Waals surface area contributed by atoms with Crippen molar-refractivity contribution >= 4 is 60.7 Å². The van der Waals surface area contributed by atoms with Crippen molar-refractivity contribution in [2.24, 2.45) is 0 Å². The van der Waals surface area contributed by atoms with Crippen LogP contribution in [0.4, 0.5) is 24.0 Å². The van der Waals surface area contributed by atoms with Gasteiger partial charge in [-0.1, -0.05) is 24.2 Å². The summed E-state index contributed by atoms with van der Waals surface area (Å²) in [6.45, 7) is 4.57. The van der Waals surface area contributed by atoms with Gasteiger partial charge in [0.2, 0.25) is 5.91 Å². The van der Waals surface area contributed by atoms with Gasteiger partial charge in [0.25, 0.3) is 0 Å². The van der Waals surface area contributed by atoms with Crippen LogP contribution in [-0.4, -0.2) is 89.4 Å². The number of nitrogens with zero attached hydrogens (tertiary/aromatic N) is 7. The zero-order valence-electron chi connectivity index (χ0n) is 26.3. The summed E-state index contributed by atoms with van der Waals surface area (Å²) in [4.78, 5) is 26.7. The van der Waals surface area contributed by atoms with Crippen molar-refractivity contribution in [1.29, 1.82) is 10.5 Å². The molecule has 7 rings (SSSR count). The minimum Gasteiger partial charge on any atom is -0.461 e. The zero-order chi connectivity index (χ0) is 34.8. The van der Waals surface area contributed by atoms with E-state index >= 15 is 4.39 Å². The minimum absolute atomic E-state index is 0.0111. The summed E-state index contributed by atoms with van der Waals surface area (Å²) in [5, 5.41) is 21.3. The van der Waals surface area contributed by atoms with Gasteiger partial charge in [-0.2, -0.15) is 20.5 Å². The molecule has 0 saturated carbocycles. The van der Waals surface area contributed by atoms with E-state index in [9.17, 15) is 24.1 Å². The van der Waals surface area contributed by atoms with Crippen LogP contribution < -0.4 is 15.4 Å². The van der Waals surface area contributed by atoms with E-state index in [0.29, 0.717) is 23.9 Å². The van der Waals surface area contributed by atoms with Gasteiger partial charge in [0.1, 0.15) is 47.7 Å². The van der Waals surface area contributed by atoms with Gasteiger partial charge >= 0.3 is 6.01 Å². The second-order valence-corrected chi connectivity index (χ2v) is 14.2. The van der Waals surface area contributed by atoms with Gasteiger partial charge in [0.15, 0.2) is 0 Å². The van der Waals surface area contributed by atoms with Gasteiger partial charge < -0.3 is 20.3 Å². The van der Waals surface area contributed by atoms with Crippen LogP contribution in [-0.2, 0) is 4.79 Å². The van der Waals surface area contributed by atoms with Crippen LogP contribution in [0.3, 0.4) is 0 Å². The van der Waals surface area contributed by atoms with Gasteiger partial charge in [0, 0.05) is 42.9 Å². The molecule has 3 saturated heterocycles. The number of amides is 1. The Morgan fingerprint density at radius 2 is 2.04 bits per heavy atom. The van der Waals surface area contributed by atoms with E-state index in [1.807, 2.05) is 6.07 Å². The zero-order valence-corrected chi connectivity index (χ0v) is 27.9. The molecule has 2 aromatic heterocycles.